The SMILES string of the molecule is CC(C)COCCC(=O)NCc1ccc(C(=O)N2CCN(C)CC2)cc1. The first-order valence-electron chi connectivity index (χ1n) is 9.37. The first-order valence-corrected chi connectivity index (χ1v) is 9.37. The van der Waals surface area contributed by atoms with Crippen LogP contribution in [-0.4, -0.2) is 68.1 Å². The number of nitrogens with zero attached hydrogens (tertiary/aromatic N) is 2. The van der Waals surface area contributed by atoms with Crippen LogP contribution in [0.3, 0.4) is 0 Å². The molecule has 1 aromatic rings. The van der Waals surface area contributed by atoms with Crippen molar-refractivity contribution in [3.63, 3.8) is 0 Å². The summed E-state index contributed by atoms with van der Waals surface area (Å²) >= 11 is 0. The summed E-state index contributed by atoms with van der Waals surface area (Å²) in [4.78, 5) is 28.4. The third-order valence-corrected chi connectivity index (χ3v) is 4.41. The van der Waals surface area contributed by atoms with Crippen molar-refractivity contribution in [3.05, 3.63) is 35.4 Å². The Morgan fingerprint density at radius 1 is 1.12 bits per heavy atom. The van der Waals surface area contributed by atoms with Gasteiger partial charge in [-0.2, -0.15) is 0 Å². The summed E-state index contributed by atoms with van der Waals surface area (Å²) in [6.07, 6.45) is 0.368. The van der Waals surface area contributed by atoms with Gasteiger partial charge in [0.05, 0.1) is 6.61 Å². The fourth-order valence-corrected chi connectivity index (χ4v) is 2.73. The third-order valence-electron chi connectivity index (χ3n) is 4.41. The van der Waals surface area contributed by atoms with Crippen molar-refractivity contribution in [2.75, 3.05) is 46.4 Å². The van der Waals surface area contributed by atoms with Gasteiger partial charge in [-0.25, -0.2) is 0 Å². The Labute approximate surface area is 156 Å². The summed E-state index contributed by atoms with van der Waals surface area (Å²) in [5.41, 5.74) is 1.68. The lowest BCUT2D eigenvalue weighted by atomic mass is 10.1. The summed E-state index contributed by atoms with van der Waals surface area (Å²) in [5, 5.41) is 2.88. The number of hydrogen-bond donors (Lipinski definition) is 1. The van der Waals surface area contributed by atoms with Crippen molar-refractivity contribution < 1.29 is 14.3 Å². The van der Waals surface area contributed by atoms with E-state index in [1.807, 2.05) is 29.2 Å². The van der Waals surface area contributed by atoms with Gasteiger partial charge < -0.3 is 19.9 Å². The van der Waals surface area contributed by atoms with Gasteiger partial charge >= 0.3 is 0 Å². The van der Waals surface area contributed by atoms with Gasteiger partial charge in [0, 0.05) is 51.3 Å². The molecule has 0 aromatic heterocycles. The molecule has 1 aliphatic rings. The van der Waals surface area contributed by atoms with Crippen LogP contribution in [0, 0.1) is 5.92 Å². The lowest BCUT2D eigenvalue weighted by molar-refractivity contribution is -0.122. The Hall–Kier alpha value is -1.92. The molecule has 6 heteroatoms. The highest BCUT2D eigenvalue weighted by molar-refractivity contribution is 5.94. The molecule has 1 fully saturated rings. The van der Waals surface area contributed by atoms with Crippen LogP contribution >= 0.6 is 0 Å². The number of amides is 2. The van der Waals surface area contributed by atoms with E-state index in [2.05, 4.69) is 31.1 Å². The van der Waals surface area contributed by atoms with E-state index in [1.54, 1.807) is 0 Å². The van der Waals surface area contributed by atoms with Crippen LogP contribution < -0.4 is 5.32 Å². The number of carbonyl (C=O) groups is 2. The summed E-state index contributed by atoms with van der Waals surface area (Å²) in [7, 11) is 2.07. The van der Waals surface area contributed by atoms with Gasteiger partial charge in [-0.15, -0.1) is 0 Å². The second-order valence-electron chi connectivity index (χ2n) is 7.29. The summed E-state index contributed by atoms with van der Waals surface area (Å²) in [6, 6.07) is 7.49. The van der Waals surface area contributed by atoms with Gasteiger partial charge in [-0.05, 0) is 30.7 Å². The zero-order valence-corrected chi connectivity index (χ0v) is 16.2. The highest BCUT2D eigenvalue weighted by Gasteiger charge is 2.20. The molecule has 6 nitrogen and oxygen atoms in total. The fraction of sp³-hybridized carbons (Fsp3) is 0.600. The maximum atomic E-state index is 12.5. The predicted molar refractivity (Wildman–Crippen MR) is 102 cm³/mol. The zero-order valence-electron chi connectivity index (χ0n) is 16.2. The number of carbonyl (C=O) groups excluding carboxylic acids is 2. The van der Waals surface area contributed by atoms with Crippen LogP contribution in [0.4, 0.5) is 0 Å². The molecule has 2 rings (SSSR count). The minimum atomic E-state index is -0.0219. The van der Waals surface area contributed by atoms with Crippen LogP contribution in [-0.2, 0) is 16.1 Å². The van der Waals surface area contributed by atoms with Crippen molar-refractivity contribution in [2.24, 2.45) is 5.92 Å². The lowest BCUT2D eigenvalue weighted by Gasteiger charge is -2.32. The van der Waals surface area contributed by atoms with Crippen molar-refractivity contribution in [3.8, 4) is 0 Å². The van der Waals surface area contributed by atoms with Gasteiger partial charge in [0.1, 0.15) is 0 Å². The van der Waals surface area contributed by atoms with Crippen molar-refractivity contribution in [2.45, 2.75) is 26.8 Å². The largest absolute Gasteiger partial charge is 0.381 e. The second-order valence-corrected chi connectivity index (χ2v) is 7.29. The minimum Gasteiger partial charge on any atom is -0.381 e. The van der Waals surface area contributed by atoms with Gasteiger partial charge in [-0.3, -0.25) is 9.59 Å². The van der Waals surface area contributed by atoms with Crippen LogP contribution in [0.15, 0.2) is 24.3 Å². The van der Waals surface area contributed by atoms with Crippen LogP contribution in [0.25, 0.3) is 0 Å². The number of rotatable bonds is 8. The number of likely N-dealkylation sites (N-methyl/N-ethyl adjacent to an activating group) is 1. The number of hydrogen-bond acceptors (Lipinski definition) is 4. The number of benzene rings is 1. The molecular formula is C20H31N3O3. The molecular weight excluding hydrogens is 330 g/mol. The van der Waals surface area contributed by atoms with E-state index in [0.29, 0.717) is 37.7 Å². The van der Waals surface area contributed by atoms with Gasteiger partial charge in [-0.1, -0.05) is 26.0 Å². The number of ether oxygens (including phenoxy) is 1. The Bertz CT molecular complexity index is 578. The topological polar surface area (TPSA) is 61.9 Å². The Kier molecular flexibility index (Phi) is 8.06. The molecule has 1 saturated heterocycles. The highest BCUT2D eigenvalue weighted by atomic mass is 16.5. The molecule has 1 heterocycles. The normalized spacial score (nSPS) is 15.3. The zero-order chi connectivity index (χ0) is 18.9. The molecule has 0 saturated carbocycles. The molecule has 1 N–H and O–H groups in total. The van der Waals surface area contributed by atoms with Gasteiger partial charge in [0.15, 0.2) is 0 Å². The maximum Gasteiger partial charge on any atom is 0.253 e. The summed E-state index contributed by atoms with van der Waals surface area (Å²) in [5.74, 6) is 0.535. The molecule has 144 valence electrons. The van der Waals surface area contributed by atoms with Gasteiger partial charge in [0.25, 0.3) is 5.91 Å². The van der Waals surface area contributed by atoms with Crippen LogP contribution in [0.2, 0.25) is 0 Å². The summed E-state index contributed by atoms with van der Waals surface area (Å²) < 4.78 is 5.42. The summed E-state index contributed by atoms with van der Waals surface area (Å²) in [6.45, 7) is 9.12. The average Bonchev–Trinajstić information content (AvgIpc) is 2.64. The molecule has 1 aromatic carbocycles. The Balaban J connectivity index is 1.73. The molecule has 2 amide bonds. The van der Waals surface area contributed by atoms with E-state index in [4.69, 9.17) is 4.74 Å². The smallest absolute Gasteiger partial charge is 0.253 e. The third kappa shape index (κ3) is 6.77. The van der Waals surface area contributed by atoms with Crippen LogP contribution in [0.1, 0.15) is 36.2 Å². The molecule has 0 atom stereocenters. The molecule has 0 spiro atoms. The molecule has 0 unspecified atom stereocenters. The van der Waals surface area contributed by atoms with E-state index in [-0.39, 0.29) is 11.8 Å². The van der Waals surface area contributed by atoms with E-state index in [0.717, 1.165) is 31.7 Å². The first kappa shape index (κ1) is 20.4. The Morgan fingerprint density at radius 2 is 1.77 bits per heavy atom. The monoisotopic (exact) mass is 361 g/mol. The standard InChI is InChI=1S/C20H31N3O3/c1-16(2)15-26-13-8-19(24)21-14-17-4-6-18(7-5-17)20(25)23-11-9-22(3)10-12-23/h4-7,16H,8-15H2,1-3H3,(H,21,24). The quantitative estimate of drug-likeness (QED) is 0.717. The van der Waals surface area contributed by atoms with E-state index < -0.39 is 0 Å². The predicted octanol–water partition coefficient (Wildman–Crippen LogP) is 1.75. The lowest BCUT2D eigenvalue weighted by Crippen LogP contribution is -2.47. The van der Waals surface area contributed by atoms with Crippen molar-refractivity contribution >= 4 is 11.8 Å². The molecule has 0 aliphatic carbocycles. The maximum absolute atomic E-state index is 12.5. The van der Waals surface area contributed by atoms with E-state index in [1.165, 1.54) is 0 Å². The van der Waals surface area contributed by atoms with Gasteiger partial charge in [0.2, 0.25) is 5.91 Å². The first-order chi connectivity index (χ1) is 12.5. The van der Waals surface area contributed by atoms with Crippen molar-refractivity contribution in [1.29, 1.82) is 0 Å². The molecule has 0 radical (unpaired) electrons. The minimum absolute atomic E-state index is 0.0219. The fourth-order valence-electron chi connectivity index (χ4n) is 2.73. The van der Waals surface area contributed by atoms with Crippen LogP contribution in [0.5, 0.6) is 0 Å². The second kappa shape index (κ2) is 10.3. The van der Waals surface area contributed by atoms with E-state index in [9.17, 15) is 9.59 Å². The van der Waals surface area contributed by atoms with Crippen molar-refractivity contribution in [1.82, 2.24) is 15.1 Å². The number of piperazine rings is 1. The number of nitrogens with one attached hydrogen (secondary N) is 1. The molecule has 0 bridgehead atoms. The molecule has 1 aliphatic heterocycles. The Morgan fingerprint density at radius 3 is 2.38 bits per heavy atom. The van der Waals surface area contributed by atoms with E-state index >= 15 is 0 Å². The highest BCUT2D eigenvalue weighted by Crippen LogP contribution is 2.10. The molecule has 26 heavy (non-hydrogen) atoms. The average molecular weight is 361 g/mol.